The van der Waals surface area contributed by atoms with Crippen molar-refractivity contribution in [1.82, 2.24) is 10.2 Å². The number of rotatable bonds is 10. The van der Waals surface area contributed by atoms with Crippen molar-refractivity contribution in [2.75, 3.05) is 53.1 Å². The molecule has 0 saturated carbocycles. The maximum absolute atomic E-state index is 10.9. The van der Waals surface area contributed by atoms with Gasteiger partial charge in [0.1, 0.15) is 0 Å². The Labute approximate surface area is 181 Å². The molecule has 1 heterocycles. The Morgan fingerprint density at radius 1 is 1.33 bits per heavy atom. The lowest BCUT2D eigenvalue weighted by Crippen LogP contribution is -2.37. The van der Waals surface area contributed by atoms with Crippen LogP contribution in [0.5, 0.6) is 11.5 Å². The Morgan fingerprint density at radius 2 is 2.04 bits per heavy atom. The summed E-state index contributed by atoms with van der Waals surface area (Å²) in [5.74, 6) is 0.526. The van der Waals surface area contributed by atoms with E-state index < -0.39 is 5.91 Å². The smallest absolute Gasteiger partial charge is 0.255 e. The summed E-state index contributed by atoms with van der Waals surface area (Å²) in [5, 5.41) is 3.44. The van der Waals surface area contributed by atoms with E-state index in [2.05, 4.69) is 26.1 Å². The van der Waals surface area contributed by atoms with Crippen LogP contribution in [0.4, 0.5) is 0 Å². The molecule has 156 valence electrons. The number of morpholine rings is 1. The van der Waals surface area contributed by atoms with Gasteiger partial charge in [0.25, 0.3) is 5.91 Å². The van der Waals surface area contributed by atoms with Crippen molar-refractivity contribution in [1.29, 1.82) is 0 Å². The van der Waals surface area contributed by atoms with E-state index in [1.807, 2.05) is 12.1 Å². The largest absolute Gasteiger partial charge is 0.493 e. The summed E-state index contributed by atoms with van der Waals surface area (Å²) in [6.45, 7) is 6.30. The molecule has 0 atom stereocenters. The summed E-state index contributed by atoms with van der Waals surface area (Å²) in [7, 11) is 1.57. The minimum Gasteiger partial charge on any atom is -0.493 e. The lowest BCUT2D eigenvalue weighted by Gasteiger charge is -2.26. The number of primary amides is 1. The maximum atomic E-state index is 10.9. The molecule has 1 aliphatic heterocycles. The zero-order valence-corrected chi connectivity index (χ0v) is 18.6. The van der Waals surface area contributed by atoms with Crippen LogP contribution in [0.2, 0.25) is 0 Å². The molecule has 27 heavy (non-hydrogen) atoms. The summed E-state index contributed by atoms with van der Waals surface area (Å²) in [5.41, 5.74) is 6.19. The van der Waals surface area contributed by atoms with Crippen LogP contribution in [0, 0.1) is 0 Å². The van der Waals surface area contributed by atoms with Gasteiger partial charge in [0.2, 0.25) is 0 Å². The normalized spacial score (nSPS) is 14.0. The molecule has 7 nitrogen and oxygen atoms in total. The SMILES string of the molecule is COc1cc(CNCCCN2CCOCC2)cc(Br)c1OCC(N)=O.Cl.Cl. The standard InChI is InChI=1S/C17H26BrN3O4.2ClH/c1-23-15-10-13(9-14(18)17(15)25-12-16(19)22)11-20-3-2-4-21-5-7-24-8-6-21;;/h9-10,20H,2-8,11-12H2,1H3,(H2,19,22);2*1H. The molecule has 1 fully saturated rings. The van der Waals surface area contributed by atoms with E-state index in [0.717, 1.165) is 62.4 Å². The van der Waals surface area contributed by atoms with Crippen molar-refractivity contribution < 1.29 is 19.0 Å². The highest BCUT2D eigenvalue weighted by molar-refractivity contribution is 9.10. The number of halogens is 3. The van der Waals surface area contributed by atoms with Crippen LogP contribution in [0.15, 0.2) is 16.6 Å². The number of nitrogens with one attached hydrogen (secondary N) is 1. The van der Waals surface area contributed by atoms with Gasteiger partial charge in [-0.05, 0) is 53.1 Å². The topological polar surface area (TPSA) is 86.1 Å². The van der Waals surface area contributed by atoms with Gasteiger partial charge in [-0.3, -0.25) is 9.69 Å². The summed E-state index contributed by atoms with van der Waals surface area (Å²) < 4.78 is 16.8. The monoisotopic (exact) mass is 487 g/mol. The maximum Gasteiger partial charge on any atom is 0.255 e. The van der Waals surface area contributed by atoms with Gasteiger partial charge in [-0.25, -0.2) is 0 Å². The first-order valence-corrected chi connectivity index (χ1v) is 9.17. The molecule has 1 amide bonds. The van der Waals surface area contributed by atoms with Crippen molar-refractivity contribution in [3.63, 3.8) is 0 Å². The number of ether oxygens (including phenoxy) is 3. The predicted octanol–water partition coefficient (Wildman–Crippen LogP) is 1.98. The molecule has 10 heteroatoms. The number of amides is 1. The number of benzene rings is 1. The Morgan fingerprint density at radius 3 is 2.67 bits per heavy atom. The number of nitrogens with two attached hydrogens (primary N) is 1. The van der Waals surface area contributed by atoms with Crippen molar-refractivity contribution in [2.24, 2.45) is 5.73 Å². The molecule has 0 spiro atoms. The predicted molar refractivity (Wildman–Crippen MR) is 113 cm³/mol. The minimum atomic E-state index is -0.528. The van der Waals surface area contributed by atoms with E-state index in [1.165, 1.54) is 0 Å². The molecule has 0 aliphatic carbocycles. The van der Waals surface area contributed by atoms with Crippen LogP contribution in [-0.4, -0.2) is 63.9 Å². The van der Waals surface area contributed by atoms with E-state index in [1.54, 1.807) is 7.11 Å². The quantitative estimate of drug-likeness (QED) is 0.490. The van der Waals surface area contributed by atoms with Crippen LogP contribution in [-0.2, 0) is 16.1 Å². The number of hydrogen-bond acceptors (Lipinski definition) is 6. The zero-order chi connectivity index (χ0) is 18.1. The van der Waals surface area contributed by atoms with Gasteiger partial charge >= 0.3 is 0 Å². The van der Waals surface area contributed by atoms with Gasteiger partial charge in [0.15, 0.2) is 18.1 Å². The fourth-order valence-electron chi connectivity index (χ4n) is 2.64. The molecule has 2 rings (SSSR count). The molecular formula is C17H28BrCl2N3O4. The van der Waals surface area contributed by atoms with Crippen LogP contribution in [0.3, 0.4) is 0 Å². The van der Waals surface area contributed by atoms with Gasteiger partial charge in [-0.1, -0.05) is 0 Å². The van der Waals surface area contributed by atoms with Gasteiger partial charge in [-0.2, -0.15) is 0 Å². The number of carbonyl (C=O) groups excluding carboxylic acids is 1. The highest BCUT2D eigenvalue weighted by Gasteiger charge is 2.13. The number of nitrogens with zero attached hydrogens (tertiary/aromatic N) is 1. The number of hydrogen-bond donors (Lipinski definition) is 2. The molecule has 0 unspecified atom stereocenters. The molecule has 1 aromatic rings. The Bertz CT molecular complexity index is 575. The van der Waals surface area contributed by atoms with Gasteiger partial charge in [0.05, 0.1) is 24.8 Å². The van der Waals surface area contributed by atoms with E-state index in [0.29, 0.717) is 11.5 Å². The number of methoxy groups -OCH3 is 1. The van der Waals surface area contributed by atoms with Crippen LogP contribution < -0.4 is 20.5 Å². The van der Waals surface area contributed by atoms with Gasteiger partial charge < -0.3 is 25.3 Å². The molecular weight excluding hydrogens is 461 g/mol. The molecule has 1 saturated heterocycles. The van der Waals surface area contributed by atoms with Gasteiger partial charge in [-0.15, -0.1) is 24.8 Å². The fourth-order valence-corrected chi connectivity index (χ4v) is 3.25. The van der Waals surface area contributed by atoms with E-state index in [9.17, 15) is 4.79 Å². The zero-order valence-electron chi connectivity index (χ0n) is 15.4. The highest BCUT2D eigenvalue weighted by Crippen LogP contribution is 2.36. The number of carbonyl (C=O) groups is 1. The second-order valence-corrected chi connectivity index (χ2v) is 6.70. The summed E-state index contributed by atoms with van der Waals surface area (Å²) in [4.78, 5) is 13.3. The van der Waals surface area contributed by atoms with E-state index in [4.69, 9.17) is 19.9 Å². The van der Waals surface area contributed by atoms with E-state index >= 15 is 0 Å². The average Bonchev–Trinajstić information content (AvgIpc) is 2.60. The molecule has 1 aromatic carbocycles. The molecule has 1 aliphatic rings. The van der Waals surface area contributed by atoms with Crippen LogP contribution >= 0.6 is 40.7 Å². The average molecular weight is 489 g/mol. The molecule has 3 N–H and O–H groups in total. The minimum absolute atomic E-state index is 0. The molecule has 0 radical (unpaired) electrons. The second-order valence-electron chi connectivity index (χ2n) is 5.85. The third-order valence-corrected chi connectivity index (χ3v) is 4.50. The van der Waals surface area contributed by atoms with Crippen molar-refractivity contribution in [3.8, 4) is 11.5 Å². The van der Waals surface area contributed by atoms with Crippen LogP contribution in [0.1, 0.15) is 12.0 Å². The molecule has 0 bridgehead atoms. The molecule has 0 aromatic heterocycles. The highest BCUT2D eigenvalue weighted by atomic mass is 79.9. The third-order valence-electron chi connectivity index (χ3n) is 3.91. The Balaban J connectivity index is 0.00000338. The first kappa shape index (κ1) is 26.2. The van der Waals surface area contributed by atoms with Crippen LogP contribution in [0.25, 0.3) is 0 Å². The lowest BCUT2D eigenvalue weighted by molar-refractivity contribution is -0.119. The van der Waals surface area contributed by atoms with Gasteiger partial charge in [0, 0.05) is 19.6 Å². The second kappa shape index (κ2) is 14.3. The van der Waals surface area contributed by atoms with E-state index in [-0.39, 0.29) is 31.4 Å². The Kier molecular flexibility index (Phi) is 13.9. The first-order valence-electron chi connectivity index (χ1n) is 8.38. The Hall–Kier alpha value is -0.770. The third kappa shape index (κ3) is 9.32. The first-order chi connectivity index (χ1) is 12.1. The summed E-state index contributed by atoms with van der Waals surface area (Å²) >= 11 is 3.46. The lowest BCUT2D eigenvalue weighted by atomic mass is 10.2. The fraction of sp³-hybridized carbons (Fsp3) is 0.588. The van der Waals surface area contributed by atoms with Crippen molar-refractivity contribution in [3.05, 3.63) is 22.2 Å². The van der Waals surface area contributed by atoms with Crippen molar-refractivity contribution in [2.45, 2.75) is 13.0 Å². The summed E-state index contributed by atoms with van der Waals surface area (Å²) in [6.07, 6.45) is 1.10. The summed E-state index contributed by atoms with van der Waals surface area (Å²) in [6, 6.07) is 3.85. The van der Waals surface area contributed by atoms with Crippen molar-refractivity contribution >= 4 is 46.7 Å².